The number of hydrogen-bond acceptors (Lipinski definition) is 7. The Bertz CT molecular complexity index is 535. The standard InChI is InChI=1S/C13H19N5O3/c1-2-14-13-15-7-10(18(19)20)12(17-13)16-9-5-6-21-11(9)8-3-4-8/h7-9,11H,2-6H2,1H3,(H2,14,15,16,17). The second-order valence-corrected chi connectivity index (χ2v) is 5.43. The number of aromatic nitrogens is 2. The summed E-state index contributed by atoms with van der Waals surface area (Å²) in [5, 5.41) is 17.3. The molecule has 8 heteroatoms. The smallest absolute Gasteiger partial charge is 0.329 e. The lowest BCUT2D eigenvalue weighted by molar-refractivity contribution is -0.384. The molecule has 0 radical (unpaired) electrons. The third-order valence-corrected chi connectivity index (χ3v) is 3.85. The van der Waals surface area contributed by atoms with Gasteiger partial charge in [-0.3, -0.25) is 10.1 Å². The van der Waals surface area contributed by atoms with Gasteiger partial charge in [-0.25, -0.2) is 4.98 Å². The number of nitrogens with one attached hydrogen (secondary N) is 2. The number of anilines is 2. The van der Waals surface area contributed by atoms with Gasteiger partial charge in [-0.2, -0.15) is 4.98 Å². The van der Waals surface area contributed by atoms with Crippen molar-refractivity contribution in [2.24, 2.45) is 5.92 Å². The first kappa shape index (κ1) is 14.0. The van der Waals surface area contributed by atoms with Crippen molar-refractivity contribution in [2.45, 2.75) is 38.3 Å². The average molecular weight is 293 g/mol. The van der Waals surface area contributed by atoms with Crippen LogP contribution >= 0.6 is 0 Å². The van der Waals surface area contributed by atoms with E-state index in [1.165, 1.54) is 19.0 Å². The van der Waals surface area contributed by atoms with Crippen LogP contribution in [0.1, 0.15) is 26.2 Å². The second-order valence-electron chi connectivity index (χ2n) is 5.43. The normalized spacial score (nSPS) is 24.8. The summed E-state index contributed by atoms with van der Waals surface area (Å²) in [5.74, 6) is 1.25. The molecule has 1 saturated carbocycles. The minimum Gasteiger partial charge on any atom is -0.376 e. The largest absolute Gasteiger partial charge is 0.376 e. The Kier molecular flexibility index (Phi) is 3.87. The summed E-state index contributed by atoms with van der Waals surface area (Å²) in [6.45, 7) is 3.28. The van der Waals surface area contributed by atoms with E-state index < -0.39 is 4.92 Å². The second kappa shape index (κ2) is 5.80. The first-order chi connectivity index (χ1) is 10.2. The zero-order valence-electron chi connectivity index (χ0n) is 11.9. The van der Waals surface area contributed by atoms with Crippen molar-refractivity contribution >= 4 is 17.5 Å². The molecule has 2 unspecified atom stereocenters. The molecule has 0 aromatic carbocycles. The number of rotatable bonds is 6. The number of hydrogen-bond donors (Lipinski definition) is 2. The topological polar surface area (TPSA) is 102 Å². The molecular formula is C13H19N5O3. The molecule has 8 nitrogen and oxygen atoms in total. The lowest BCUT2D eigenvalue weighted by Gasteiger charge is -2.20. The monoisotopic (exact) mass is 293 g/mol. The van der Waals surface area contributed by atoms with Gasteiger partial charge >= 0.3 is 5.69 Å². The van der Waals surface area contributed by atoms with Gasteiger partial charge in [0.2, 0.25) is 11.8 Å². The molecule has 21 heavy (non-hydrogen) atoms. The van der Waals surface area contributed by atoms with Crippen LogP contribution in [-0.2, 0) is 4.74 Å². The fourth-order valence-corrected chi connectivity index (χ4v) is 2.69. The van der Waals surface area contributed by atoms with Crippen molar-refractivity contribution in [3.63, 3.8) is 0 Å². The molecule has 2 atom stereocenters. The summed E-state index contributed by atoms with van der Waals surface area (Å²) in [5.41, 5.74) is -0.0990. The first-order valence-corrected chi connectivity index (χ1v) is 7.32. The predicted molar refractivity (Wildman–Crippen MR) is 77.3 cm³/mol. The molecule has 2 heterocycles. The lowest BCUT2D eigenvalue weighted by atomic mass is 10.1. The van der Waals surface area contributed by atoms with E-state index in [1.54, 1.807) is 0 Å². The molecular weight excluding hydrogens is 274 g/mol. The van der Waals surface area contributed by atoms with E-state index in [-0.39, 0.29) is 23.7 Å². The SMILES string of the molecule is CCNc1ncc([N+](=O)[O-])c(NC2CCOC2C2CC2)n1. The third-order valence-electron chi connectivity index (χ3n) is 3.85. The van der Waals surface area contributed by atoms with Crippen LogP contribution in [0.2, 0.25) is 0 Å². The van der Waals surface area contributed by atoms with Gasteiger partial charge in [0.05, 0.1) is 17.1 Å². The minimum absolute atomic E-state index is 0.0839. The highest BCUT2D eigenvalue weighted by Crippen LogP contribution is 2.40. The van der Waals surface area contributed by atoms with E-state index in [4.69, 9.17) is 4.74 Å². The van der Waals surface area contributed by atoms with Crippen molar-refractivity contribution in [1.29, 1.82) is 0 Å². The fraction of sp³-hybridized carbons (Fsp3) is 0.692. The van der Waals surface area contributed by atoms with Crippen LogP contribution in [0.25, 0.3) is 0 Å². The molecule has 0 amide bonds. The minimum atomic E-state index is -0.458. The summed E-state index contributed by atoms with van der Waals surface area (Å²) < 4.78 is 5.75. The number of nitrogens with zero attached hydrogens (tertiary/aromatic N) is 3. The molecule has 2 fully saturated rings. The Morgan fingerprint density at radius 2 is 2.29 bits per heavy atom. The van der Waals surface area contributed by atoms with E-state index in [0.717, 1.165) is 6.42 Å². The molecule has 1 saturated heterocycles. The maximum absolute atomic E-state index is 11.1. The maximum atomic E-state index is 11.1. The zero-order chi connectivity index (χ0) is 14.8. The van der Waals surface area contributed by atoms with E-state index in [1.807, 2.05) is 6.92 Å². The van der Waals surface area contributed by atoms with E-state index >= 15 is 0 Å². The Balaban J connectivity index is 1.81. The van der Waals surface area contributed by atoms with Gasteiger partial charge in [0, 0.05) is 13.2 Å². The first-order valence-electron chi connectivity index (χ1n) is 7.32. The van der Waals surface area contributed by atoms with Crippen molar-refractivity contribution in [3.8, 4) is 0 Å². The van der Waals surface area contributed by atoms with Gasteiger partial charge in [-0.1, -0.05) is 0 Å². The van der Waals surface area contributed by atoms with Crippen LogP contribution in [-0.4, -0.2) is 40.2 Å². The van der Waals surface area contributed by atoms with Crippen molar-refractivity contribution in [3.05, 3.63) is 16.3 Å². The predicted octanol–water partition coefficient (Wildman–Crippen LogP) is 1.80. The van der Waals surface area contributed by atoms with E-state index in [2.05, 4.69) is 20.6 Å². The molecule has 0 bridgehead atoms. The van der Waals surface area contributed by atoms with Crippen LogP contribution < -0.4 is 10.6 Å². The summed E-state index contributed by atoms with van der Waals surface area (Å²) in [7, 11) is 0. The Morgan fingerprint density at radius 1 is 1.48 bits per heavy atom. The number of ether oxygens (including phenoxy) is 1. The molecule has 2 N–H and O–H groups in total. The quantitative estimate of drug-likeness (QED) is 0.609. The highest BCUT2D eigenvalue weighted by Gasteiger charge is 2.41. The summed E-state index contributed by atoms with van der Waals surface area (Å²) in [6, 6.07) is 0.0839. The fourth-order valence-electron chi connectivity index (χ4n) is 2.69. The summed E-state index contributed by atoms with van der Waals surface area (Å²) in [4.78, 5) is 18.9. The van der Waals surface area contributed by atoms with E-state index in [0.29, 0.717) is 25.0 Å². The van der Waals surface area contributed by atoms with Gasteiger partial charge in [-0.05, 0) is 32.1 Å². The molecule has 1 aromatic heterocycles. The van der Waals surface area contributed by atoms with Crippen LogP contribution in [0, 0.1) is 16.0 Å². The molecule has 0 spiro atoms. The van der Waals surface area contributed by atoms with Crippen molar-refractivity contribution in [2.75, 3.05) is 23.8 Å². The molecule has 114 valence electrons. The summed E-state index contributed by atoms with van der Waals surface area (Å²) >= 11 is 0. The average Bonchev–Trinajstić information content (AvgIpc) is 3.20. The van der Waals surface area contributed by atoms with Gasteiger partial charge in [0.1, 0.15) is 6.20 Å². The Labute approximate surface area is 122 Å². The third kappa shape index (κ3) is 3.05. The maximum Gasteiger partial charge on any atom is 0.329 e. The van der Waals surface area contributed by atoms with Crippen LogP contribution in [0.4, 0.5) is 17.5 Å². The number of nitro groups is 1. The van der Waals surface area contributed by atoms with Gasteiger partial charge in [0.25, 0.3) is 0 Å². The lowest BCUT2D eigenvalue weighted by Crippen LogP contribution is -2.31. The molecule has 1 aliphatic carbocycles. The highest BCUT2D eigenvalue weighted by molar-refractivity contribution is 5.57. The van der Waals surface area contributed by atoms with Crippen LogP contribution in [0.5, 0.6) is 0 Å². The van der Waals surface area contributed by atoms with Crippen molar-refractivity contribution in [1.82, 2.24) is 9.97 Å². The molecule has 1 aromatic rings. The van der Waals surface area contributed by atoms with E-state index in [9.17, 15) is 10.1 Å². The highest BCUT2D eigenvalue weighted by atomic mass is 16.6. The van der Waals surface area contributed by atoms with Gasteiger partial charge in [-0.15, -0.1) is 0 Å². The summed E-state index contributed by atoms with van der Waals surface area (Å²) in [6.07, 6.45) is 4.59. The Morgan fingerprint density at radius 3 is 2.95 bits per heavy atom. The molecule has 2 aliphatic rings. The molecule has 3 rings (SSSR count). The van der Waals surface area contributed by atoms with Gasteiger partial charge < -0.3 is 15.4 Å². The molecule has 1 aliphatic heterocycles. The Hall–Kier alpha value is -1.96. The van der Waals surface area contributed by atoms with Crippen molar-refractivity contribution < 1.29 is 9.66 Å². The van der Waals surface area contributed by atoms with Crippen LogP contribution in [0.3, 0.4) is 0 Å². The van der Waals surface area contributed by atoms with Gasteiger partial charge in [0.15, 0.2) is 0 Å². The zero-order valence-corrected chi connectivity index (χ0v) is 11.9. The van der Waals surface area contributed by atoms with Crippen LogP contribution in [0.15, 0.2) is 6.20 Å².